The summed E-state index contributed by atoms with van der Waals surface area (Å²) in [7, 11) is 0. The number of benzene rings is 1. The number of rotatable bonds is 5. The Kier molecular flexibility index (Phi) is 3.55. The van der Waals surface area contributed by atoms with E-state index in [-0.39, 0.29) is 5.91 Å². The summed E-state index contributed by atoms with van der Waals surface area (Å²) in [5.74, 6) is -0.122. The third-order valence-corrected chi connectivity index (χ3v) is 3.21. The maximum absolute atomic E-state index is 12.1. The van der Waals surface area contributed by atoms with Crippen LogP contribution >= 0.6 is 0 Å². The first-order valence-corrected chi connectivity index (χ1v) is 6.73. The molecule has 0 aliphatic rings. The van der Waals surface area contributed by atoms with Crippen LogP contribution in [0.4, 0.5) is 5.69 Å². The average molecular weight is 284 g/mol. The van der Waals surface area contributed by atoms with Gasteiger partial charge in [-0.2, -0.15) is 0 Å². The van der Waals surface area contributed by atoms with E-state index >= 15 is 0 Å². The van der Waals surface area contributed by atoms with Gasteiger partial charge in [0.05, 0.1) is 6.20 Å². The molecule has 108 valence electrons. The molecule has 21 heavy (non-hydrogen) atoms. The minimum atomic E-state index is -0.122. The first-order chi connectivity index (χ1) is 10.2. The summed E-state index contributed by atoms with van der Waals surface area (Å²) >= 11 is 0. The second kappa shape index (κ2) is 5.66. The molecule has 0 saturated heterocycles. The van der Waals surface area contributed by atoms with E-state index in [9.17, 15) is 4.79 Å². The molecule has 1 amide bonds. The lowest BCUT2D eigenvalue weighted by Gasteiger charge is -2.03. The van der Waals surface area contributed by atoms with Crippen molar-refractivity contribution in [2.45, 2.75) is 13.0 Å². The topological polar surface area (TPSA) is 102 Å². The predicted molar refractivity (Wildman–Crippen MR) is 79.7 cm³/mol. The molecule has 2 heterocycles. The number of nitrogen functional groups attached to an aromatic ring is 1. The van der Waals surface area contributed by atoms with E-state index in [2.05, 4.69) is 20.6 Å². The van der Waals surface area contributed by atoms with Gasteiger partial charge in [0.2, 0.25) is 0 Å². The summed E-state index contributed by atoms with van der Waals surface area (Å²) in [4.78, 5) is 15.1. The fourth-order valence-corrected chi connectivity index (χ4v) is 2.16. The van der Waals surface area contributed by atoms with Gasteiger partial charge in [-0.3, -0.25) is 9.48 Å². The van der Waals surface area contributed by atoms with E-state index in [4.69, 9.17) is 5.73 Å². The quantitative estimate of drug-likeness (QED) is 0.483. The van der Waals surface area contributed by atoms with Gasteiger partial charge in [-0.25, -0.2) is 0 Å². The minimum absolute atomic E-state index is 0.122. The van der Waals surface area contributed by atoms with E-state index in [0.29, 0.717) is 17.9 Å². The number of fused-ring (bicyclic) bond motifs is 1. The zero-order valence-corrected chi connectivity index (χ0v) is 11.4. The maximum Gasteiger partial charge on any atom is 0.267 e. The molecule has 1 aromatic carbocycles. The van der Waals surface area contributed by atoms with Crippen LogP contribution in [0.3, 0.4) is 0 Å². The molecule has 2 aromatic heterocycles. The van der Waals surface area contributed by atoms with E-state index in [1.165, 1.54) is 0 Å². The van der Waals surface area contributed by atoms with Crippen LogP contribution in [0.15, 0.2) is 36.7 Å². The Morgan fingerprint density at radius 1 is 1.38 bits per heavy atom. The fourth-order valence-electron chi connectivity index (χ4n) is 2.16. The standard InChI is InChI=1S/C14H16N6O/c15-11-2-3-12-10(8-11)9-13(18-12)14(21)16-4-1-6-20-7-5-17-19-20/h2-3,5,7-9,18H,1,4,6,15H2,(H,16,21). The Labute approximate surface area is 121 Å². The number of anilines is 1. The highest BCUT2D eigenvalue weighted by Gasteiger charge is 2.08. The van der Waals surface area contributed by atoms with Crippen molar-refractivity contribution in [3.8, 4) is 0 Å². The smallest absolute Gasteiger partial charge is 0.267 e. The van der Waals surface area contributed by atoms with Crippen molar-refractivity contribution in [2.24, 2.45) is 0 Å². The van der Waals surface area contributed by atoms with Crippen molar-refractivity contribution in [2.75, 3.05) is 12.3 Å². The average Bonchev–Trinajstić information content (AvgIpc) is 3.11. The molecule has 0 fully saturated rings. The molecule has 0 bridgehead atoms. The van der Waals surface area contributed by atoms with Crippen LogP contribution in [0.2, 0.25) is 0 Å². The number of nitrogens with one attached hydrogen (secondary N) is 2. The Morgan fingerprint density at radius 2 is 2.29 bits per heavy atom. The molecule has 0 saturated carbocycles. The van der Waals surface area contributed by atoms with Crippen molar-refractivity contribution >= 4 is 22.5 Å². The Bertz CT molecular complexity index is 746. The SMILES string of the molecule is Nc1ccc2[nH]c(C(=O)NCCCn3ccnn3)cc2c1. The van der Waals surface area contributed by atoms with Crippen LogP contribution in [0.1, 0.15) is 16.9 Å². The van der Waals surface area contributed by atoms with Crippen LogP contribution in [0.5, 0.6) is 0 Å². The van der Waals surface area contributed by atoms with Crippen LogP contribution in [0.25, 0.3) is 10.9 Å². The van der Waals surface area contributed by atoms with Crippen molar-refractivity contribution in [1.82, 2.24) is 25.3 Å². The molecule has 3 rings (SSSR count). The number of H-pyrrole nitrogens is 1. The fraction of sp³-hybridized carbons (Fsp3) is 0.214. The van der Waals surface area contributed by atoms with Gasteiger partial charge in [-0.05, 0) is 30.7 Å². The highest BCUT2D eigenvalue weighted by Crippen LogP contribution is 2.18. The van der Waals surface area contributed by atoms with Crippen molar-refractivity contribution in [3.05, 3.63) is 42.4 Å². The molecular weight excluding hydrogens is 268 g/mol. The van der Waals surface area contributed by atoms with Crippen molar-refractivity contribution in [1.29, 1.82) is 0 Å². The number of hydrogen-bond acceptors (Lipinski definition) is 4. The predicted octanol–water partition coefficient (Wildman–Crippen LogP) is 1.16. The number of carbonyl (C=O) groups excluding carboxylic acids is 1. The van der Waals surface area contributed by atoms with Gasteiger partial charge in [0.1, 0.15) is 5.69 Å². The van der Waals surface area contributed by atoms with Crippen LogP contribution < -0.4 is 11.1 Å². The summed E-state index contributed by atoms with van der Waals surface area (Å²) in [6.45, 7) is 1.31. The first kappa shape index (κ1) is 13.2. The number of aromatic nitrogens is 4. The number of nitrogens with zero attached hydrogens (tertiary/aromatic N) is 3. The third kappa shape index (κ3) is 3.02. The third-order valence-electron chi connectivity index (χ3n) is 3.21. The Hall–Kier alpha value is -2.83. The lowest BCUT2D eigenvalue weighted by atomic mass is 10.2. The summed E-state index contributed by atoms with van der Waals surface area (Å²) in [5, 5.41) is 11.4. The van der Waals surface area contributed by atoms with Crippen molar-refractivity contribution in [3.63, 3.8) is 0 Å². The molecule has 7 heteroatoms. The van der Waals surface area contributed by atoms with Gasteiger partial charge in [0, 0.05) is 35.9 Å². The molecule has 4 N–H and O–H groups in total. The first-order valence-electron chi connectivity index (χ1n) is 6.73. The Morgan fingerprint density at radius 3 is 3.10 bits per heavy atom. The van der Waals surface area contributed by atoms with Crippen LogP contribution in [-0.2, 0) is 6.54 Å². The number of aromatic amines is 1. The number of amides is 1. The molecule has 7 nitrogen and oxygen atoms in total. The largest absolute Gasteiger partial charge is 0.399 e. The zero-order chi connectivity index (χ0) is 14.7. The minimum Gasteiger partial charge on any atom is -0.399 e. The second-order valence-electron chi connectivity index (χ2n) is 4.81. The summed E-state index contributed by atoms with van der Waals surface area (Å²) in [6, 6.07) is 7.32. The van der Waals surface area contributed by atoms with E-state index in [1.54, 1.807) is 29.2 Å². The van der Waals surface area contributed by atoms with Crippen LogP contribution in [-0.4, -0.2) is 32.4 Å². The number of aryl methyl sites for hydroxylation is 1. The number of hydrogen-bond donors (Lipinski definition) is 3. The lowest BCUT2D eigenvalue weighted by molar-refractivity contribution is 0.0948. The molecule has 3 aromatic rings. The van der Waals surface area contributed by atoms with Gasteiger partial charge in [0.15, 0.2) is 0 Å². The summed E-state index contributed by atoms with van der Waals surface area (Å²) < 4.78 is 1.73. The van der Waals surface area contributed by atoms with Gasteiger partial charge < -0.3 is 16.0 Å². The van der Waals surface area contributed by atoms with Gasteiger partial charge in [0.25, 0.3) is 5.91 Å². The summed E-state index contributed by atoms with van der Waals surface area (Å²) in [6.07, 6.45) is 4.22. The highest BCUT2D eigenvalue weighted by atomic mass is 16.1. The zero-order valence-electron chi connectivity index (χ0n) is 11.4. The molecule has 0 radical (unpaired) electrons. The van der Waals surface area contributed by atoms with Crippen molar-refractivity contribution < 1.29 is 4.79 Å². The molecular formula is C14H16N6O. The van der Waals surface area contributed by atoms with E-state index in [1.807, 2.05) is 12.1 Å². The molecule has 0 aliphatic heterocycles. The summed E-state index contributed by atoms with van der Waals surface area (Å²) in [5.41, 5.74) is 7.85. The molecule has 0 spiro atoms. The van der Waals surface area contributed by atoms with Gasteiger partial charge in [-0.15, -0.1) is 5.10 Å². The van der Waals surface area contributed by atoms with Gasteiger partial charge >= 0.3 is 0 Å². The normalized spacial score (nSPS) is 10.9. The number of carbonyl (C=O) groups is 1. The van der Waals surface area contributed by atoms with Gasteiger partial charge in [-0.1, -0.05) is 5.21 Å². The molecule has 0 aliphatic carbocycles. The second-order valence-corrected chi connectivity index (χ2v) is 4.81. The lowest BCUT2D eigenvalue weighted by Crippen LogP contribution is -2.25. The maximum atomic E-state index is 12.1. The molecule has 0 atom stereocenters. The number of nitrogens with two attached hydrogens (primary N) is 1. The van der Waals surface area contributed by atoms with Crippen LogP contribution in [0, 0.1) is 0 Å². The monoisotopic (exact) mass is 284 g/mol. The van der Waals surface area contributed by atoms with E-state index in [0.717, 1.165) is 23.9 Å². The highest BCUT2D eigenvalue weighted by molar-refractivity contribution is 5.98. The molecule has 0 unspecified atom stereocenters. The Balaban J connectivity index is 1.56. The van der Waals surface area contributed by atoms with E-state index < -0.39 is 0 Å².